The highest BCUT2D eigenvalue weighted by Crippen LogP contribution is 2.58. The Hall–Kier alpha value is -1.10. The minimum Gasteiger partial charge on any atom is -0.481 e. The SMILES string of the molecule is COC(C)[C@H](C)NC(=O)[C@@H]1[C@H](C(=O)O)C1(C)C. The van der Waals surface area contributed by atoms with Crippen LogP contribution in [0.5, 0.6) is 0 Å². The van der Waals surface area contributed by atoms with E-state index in [-0.39, 0.29) is 18.1 Å². The van der Waals surface area contributed by atoms with Crippen LogP contribution in [0.1, 0.15) is 27.7 Å². The minimum atomic E-state index is -0.900. The Morgan fingerprint density at radius 3 is 2.18 bits per heavy atom. The van der Waals surface area contributed by atoms with E-state index in [2.05, 4.69) is 5.32 Å². The van der Waals surface area contributed by atoms with Crippen LogP contribution in [0, 0.1) is 17.3 Å². The topological polar surface area (TPSA) is 75.6 Å². The van der Waals surface area contributed by atoms with Gasteiger partial charge >= 0.3 is 5.97 Å². The van der Waals surface area contributed by atoms with Crippen LogP contribution in [0.4, 0.5) is 0 Å². The fraction of sp³-hybridized carbons (Fsp3) is 0.833. The van der Waals surface area contributed by atoms with Crippen molar-refractivity contribution < 1.29 is 19.4 Å². The van der Waals surface area contributed by atoms with Gasteiger partial charge in [0.25, 0.3) is 0 Å². The van der Waals surface area contributed by atoms with Crippen LogP contribution in [-0.4, -0.2) is 36.2 Å². The van der Waals surface area contributed by atoms with Crippen LogP contribution in [0.25, 0.3) is 0 Å². The molecule has 1 aliphatic rings. The molecule has 1 rings (SSSR count). The van der Waals surface area contributed by atoms with Crippen LogP contribution in [0.15, 0.2) is 0 Å². The van der Waals surface area contributed by atoms with Gasteiger partial charge in [0.1, 0.15) is 0 Å². The number of carbonyl (C=O) groups excluding carboxylic acids is 1. The van der Waals surface area contributed by atoms with Gasteiger partial charge in [0.05, 0.1) is 24.0 Å². The summed E-state index contributed by atoms with van der Waals surface area (Å²) < 4.78 is 5.11. The van der Waals surface area contributed by atoms with Gasteiger partial charge in [-0.25, -0.2) is 0 Å². The van der Waals surface area contributed by atoms with Gasteiger partial charge in [-0.2, -0.15) is 0 Å². The molecular weight excluding hydrogens is 222 g/mol. The molecule has 0 spiro atoms. The van der Waals surface area contributed by atoms with E-state index in [0.29, 0.717) is 0 Å². The summed E-state index contributed by atoms with van der Waals surface area (Å²) >= 11 is 0. The molecule has 0 saturated heterocycles. The van der Waals surface area contributed by atoms with Crippen molar-refractivity contribution in [3.05, 3.63) is 0 Å². The van der Waals surface area contributed by atoms with Crippen molar-refractivity contribution >= 4 is 11.9 Å². The predicted molar refractivity (Wildman–Crippen MR) is 62.5 cm³/mol. The lowest BCUT2D eigenvalue weighted by molar-refractivity contribution is -0.140. The van der Waals surface area contributed by atoms with Crippen LogP contribution in [0.2, 0.25) is 0 Å². The molecule has 5 nitrogen and oxygen atoms in total. The third kappa shape index (κ3) is 2.60. The minimum absolute atomic E-state index is 0.0934. The summed E-state index contributed by atoms with van der Waals surface area (Å²) in [5.41, 5.74) is -0.452. The Morgan fingerprint density at radius 1 is 1.29 bits per heavy atom. The second-order valence-corrected chi connectivity index (χ2v) is 5.35. The molecule has 0 aliphatic heterocycles. The van der Waals surface area contributed by atoms with Gasteiger partial charge < -0.3 is 15.2 Å². The Labute approximate surface area is 102 Å². The summed E-state index contributed by atoms with van der Waals surface area (Å²) in [4.78, 5) is 22.9. The number of hydrogen-bond acceptors (Lipinski definition) is 3. The highest BCUT2D eigenvalue weighted by Gasteiger charge is 2.65. The lowest BCUT2D eigenvalue weighted by Crippen LogP contribution is -2.42. The number of nitrogens with one attached hydrogen (secondary N) is 1. The Balaban J connectivity index is 2.59. The zero-order chi connectivity index (χ0) is 13.4. The lowest BCUT2D eigenvalue weighted by atomic mass is 10.1. The molecule has 1 aliphatic carbocycles. The van der Waals surface area contributed by atoms with Gasteiger partial charge in [0.2, 0.25) is 5.91 Å². The number of methoxy groups -OCH3 is 1. The number of carbonyl (C=O) groups is 2. The highest BCUT2D eigenvalue weighted by atomic mass is 16.5. The van der Waals surface area contributed by atoms with Gasteiger partial charge in [-0.15, -0.1) is 0 Å². The first-order valence-electron chi connectivity index (χ1n) is 5.79. The second kappa shape index (κ2) is 4.64. The first-order valence-corrected chi connectivity index (χ1v) is 5.79. The maximum atomic E-state index is 11.9. The number of hydrogen-bond donors (Lipinski definition) is 2. The monoisotopic (exact) mass is 243 g/mol. The Morgan fingerprint density at radius 2 is 1.82 bits per heavy atom. The van der Waals surface area contributed by atoms with Gasteiger partial charge in [-0.05, 0) is 19.3 Å². The third-order valence-electron chi connectivity index (χ3n) is 3.82. The molecule has 98 valence electrons. The van der Waals surface area contributed by atoms with Crippen molar-refractivity contribution in [1.29, 1.82) is 0 Å². The smallest absolute Gasteiger partial charge is 0.307 e. The van der Waals surface area contributed by atoms with E-state index in [1.807, 2.05) is 13.8 Å². The van der Waals surface area contributed by atoms with Crippen molar-refractivity contribution in [2.45, 2.75) is 39.8 Å². The van der Waals surface area contributed by atoms with E-state index in [1.54, 1.807) is 21.0 Å². The average Bonchev–Trinajstić information content (AvgIpc) is 2.80. The molecule has 1 amide bonds. The predicted octanol–water partition coefficient (Wildman–Crippen LogP) is 0.883. The Kier molecular flexibility index (Phi) is 3.81. The molecule has 2 N–H and O–H groups in total. The largest absolute Gasteiger partial charge is 0.481 e. The maximum Gasteiger partial charge on any atom is 0.307 e. The molecule has 0 bridgehead atoms. The van der Waals surface area contributed by atoms with E-state index in [0.717, 1.165) is 0 Å². The molecular formula is C12H21NO4. The number of ether oxygens (including phenoxy) is 1. The average molecular weight is 243 g/mol. The highest BCUT2D eigenvalue weighted by molar-refractivity contribution is 5.91. The lowest BCUT2D eigenvalue weighted by Gasteiger charge is -2.20. The molecule has 1 fully saturated rings. The van der Waals surface area contributed by atoms with E-state index in [9.17, 15) is 9.59 Å². The van der Waals surface area contributed by atoms with Crippen LogP contribution in [-0.2, 0) is 14.3 Å². The van der Waals surface area contributed by atoms with Gasteiger partial charge in [-0.1, -0.05) is 13.8 Å². The first-order chi connectivity index (χ1) is 7.73. The maximum absolute atomic E-state index is 11.9. The zero-order valence-corrected chi connectivity index (χ0v) is 11.0. The second-order valence-electron chi connectivity index (χ2n) is 5.35. The standard InChI is InChI=1S/C12H21NO4/c1-6(7(2)17-5)13-10(14)8-9(11(15)16)12(8,3)4/h6-9H,1-5H3,(H,13,14)(H,15,16)/t6-,7?,8-,9+/m0/s1. The molecule has 4 atom stereocenters. The quantitative estimate of drug-likeness (QED) is 0.751. The molecule has 0 heterocycles. The summed E-state index contributed by atoms with van der Waals surface area (Å²) in [6.07, 6.45) is -0.0934. The van der Waals surface area contributed by atoms with Gasteiger partial charge in [-0.3, -0.25) is 9.59 Å². The van der Waals surface area contributed by atoms with E-state index in [1.165, 1.54) is 0 Å². The molecule has 0 aromatic carbocycles. The zero-order valence-electron chi connectivity index (χ0n) is 11.0. The van der Waals surface area contributed by atoms with E-state index in [4.69, 9.17) is 9.84 Å². The number of aliphatic carboxylic acids is 1. The first kappa shape index (κ1) is 14.0. The fourth-order valence-corrected chi connectivity index (χ4v) is 2.22. The van der Waals surface area contributed by atoms with Crippen molar-refractivity contribution in [3.63, 3.8) is 0 Å². The number of amides is 1. The van der Waals surface area contributed by atoms with E-state index < -0.39 is 23.2 Å². The molecule has 5 heteroatoms. The van der Waals surface area contributed by atoms with Crippen molar-refractivity contribution in [1.82, 2.24) is 5.32 Å². The number of carboxylic acids is 1. The molecule has 17 heavy (non-hydrogen) atoms. The van der Waals surface area contributed by atoms with Crippen molar-refractivity contribution in [3.8, 4) is 0 Å². The fourth-order valence-electron chi connectivity index (χ4n) is 2.22. The summed E-state index contributed by atoms with van der Waals surface area (Å²) in [6, 6.07) is -0.127. The third-order valence-corrected chi connectivity index (χ3v) is 3.82. The van der Waals surface area contributed by atoms with Crippen LogP contribution in [0.3, 0.4) is 0 Å². The molecule has 0 radical (unpaired) electrons. The molecule has 1 saturated carbocycles. The summed E-state index contributed by atoms with van der Waals surface area (Å²) in [5, 5.41) is 11.8. The summed E-state index contributed by atoms with van der Waals surface area (Å²) in [5.74, 6) is -2.11. The summed E-state index contributed by atoms with van der Waals surface area (Å²) in [7, 11) is 1.58. The van der Waals surface area contributed by atoms with Crippen molar-refractivity contribution in [2.75, 3.05) is 7.11 Å². The van der Waals surface area contributed by atoms with Crippen molar-refractivity contribution in [2.24, 2.45) is 17.3 Å². The molecule has 1 unspecified atom stereocenters. The molecule has 0 aromatic rings. The number of rotatable bonds is 5. The van der Waals surface area contributed by atoms with E-state index >= 15 is 0 Å². The number of carboxylic acid groups (broad SMARTS) is 1. The van der Waals surface area contributed by atoms with Crippen LogP contribution < -0.4 is 5.32 Å². The van der Waals surface area contributed by atoms with Gasteiger partial charge in [0.15, 0.2) is 0 Å². The Bertz CT molecular complexity index is 326. The van der Waals surface area contributed by atoms with Gasteiger partial charge in [0, 0.05) is 7.11 Å². The molecule has 0 aromatic heterocycles. The van der Waals surface area contributed by atoms with Crippen LogP contribution >= 0.6 is 0 Å². The normalized spacial score (nSPS) is 29.2. The summed E-state index contributed by atoms with van der Waals surface area (Å²) in [6.45, 7) is 7.32.